The molecule has 0 fully saturated rings. The molecule has 0 saturated carbocycles. The molecule has 0 spiro atoms. The summed E-state index contributed by atoms with van der Waals surface area (Å²) in [6.45, 7) is 2.09. The number of rotatable bonds is 2. The van der Waals surface area contributed by atoms with Gasteiger partial charge in [-0.1, -0.05) is 46.3 Å². The van der Waals surface area contributed by atoms with Crippen molar-refractivity contribution < 1.29 is 0 Å². The van der Waals surface area contributed by atoms with Crippen LogP contribution in [0.25, 0.3) is 10.8 Å². The van der Waals surface area contributed by atoms with Gasteiger partial charge in [-0.3, -0.25) is 0 Å². The lowest BCUT2D eigenvalue weighted by atomic mass is 10.0. The van der Waals surface area contributed by atoms with Gasteiger partial charge in [0.25, 0.3) is 0 Å². The van der Waals surface area contributed by atoms with Crippen molar-refractivity contribution in [1.29, 1.82) is 0 Å². The van der Waals surface area contributed by atoms with Gasteiger partial charge < -0.3 is 0 Å². The molecule has 1 atom stereocenters. The molecule has 0 nitrogen and oxygen atoms in total. The van der Waals surface area contributed by atoms with Crippen LogP contribution in [-0.4, -0.2) is 0 Å². The molecule has 2 aromatic carbocycles. The zero-order valence-corrected chi connectivity index (χ0v) is 15.4. The third-order valence-electron chi connectivity index (χ3n) is 3.30. The van der Waals surface area contributed by atoms with E-state index in [1.54, 1.807) is 11.3 Å². The predicted octanol–water partition coefficient (Wildman–Crippen LogP) is 7.06. The number of hydrogen-bond donors (Lipinski definition) is 0. The summed E-state index contributed by atoms with van der Waals surface area (Å²) in [5.74, 6) is 0. The van der Waals surface area contributed by atoms with Crippen molar-refractivity contribution in [3.8, 4) is 0 Å². The van der Waals surface area contributed by atoms with Crippen molar-refractivity contribution >= 4 is 65.6 Å². The summed E-state index contributed by atoms with van der Waals surface area (Å²) < 4.78 is 2.25. The third kappa shape index (κ3) is 2.57. The monoisotopic (exact) mass is 428 g/mol. The zero-order valence-electron chi connectivity index (χ0n) is 10.7. The minimum atomic E-state index is -0.122. The van der Waals surface area contributed by atoms with Gasteiger partial charge in [0.2, 0.25) is 0 Å². The molecule has 1 unspecified atom stereocenters. The average molecular weight is 431 g/mol. The number of halogens is 3. The number of hydrogen-bond acceptors (Lipinski definition) is 1. The number of aryl methyl sites for hydroxylation is 1. The van der Waals surface area contributed by atoms with Crippen LogP contribution in [-0.2, 0) is 0 Å². The second-order valence-corrected chi connectivity index (χ2v) is 8.34. The highest BCUT2D eigenvalue weighted by Crippen LogP contribution is 2.41. The van der Waals surface area contributed by atoms with Crippen LogP contribution in [0.4, 0.5) is 0 Å². The number of fused-ring (bicyclic) bond motifs is 1. The Balaban J connectivity index is 2.17. The Morgan fingerprint density at radius 2 is 1.75 bits per heavy atom. The van der Waals surface area contributed by atoms with Crippen LogP contribution in [0, 0.1) is 6.92 Å². The smallest absolute Gasteiger partial charge is 0.0934 e. The van der Waals surface area contributed by atoms with Crippen molar-refractivity contribution in [3.05, 3.63) is 66.7 Å². The fourth-order valence-corrected chi connectivity index (χ4v) is 4.70. The Bertz CT molecular complexity index is 760. The highest BCUT2D eigenvalue weighted by molar-refractivity contribution is 9.11. The molecule has 1 aromatic heterocycles. The number of alkyl halides is 1. The van der Waals surface area contributed by atoms with Crippen LogP contribution in [0.3, 0.4) is 0 Å². The molecule has 0 saturated heterocycles. The van der Waals surface area contributed by atoms with E-state index in [1.807, 2.05) is 6.07 Å². The van der Waals surface area contributed by atoms with Crippen molar-refractivity contribution in [2.75, 3.05) is 0 Å². The van der Waals surface area contributed by atoms with E-state index in [4.69, 9.17) is 11.6 Å². The maximum atomic E-state index is 6.72. The summed E-state index contributed by atoms with van der Waals surface area (Å²) in [6.07, 6.45) is 0. The first-order chi connectivity index (χ1) is 9.58. The van der Waals surface area contributed by atoms with Gasteiger partial charge in [-0.2, -0.15) is 0 Å². The summed E-state index contributed by atoms with van der Waals surface area (Å²) in [5, 5.41) is 2.27. The topological polar surface area (TPSA) is 0 Å². The van der Waals surface area contributed by atoms with Crippen LogP contribution >= 0.6 is 54.8 Å². The lowest BCUT2D eigenvalue weighted by molar-refractivity contribution is 1.20. The standard InChI is InChI=1S/C16H11Br2ClS/c1-9-8-14(20-16(9)18)15(19)12-6-7-13(17)11-5-3-2-4-10(11)12/h2-8,15H,1H3. The van der Waals surface area contributed by atoms with E-state index in [-0.39, 0.29) is 5.38 Å². The molecule has 1 heterocycles. The lowest BCUT2D eigenvalue weighted by Crippen LogP contribution is -1.92. The summed E-state index contributed by atoms with van der Waals surface area (Å²) in [6, 6.07) is 14.7. The molecule has 3 rings (SSSR count). The van der Waals surface area contributed by atoms with Crippen molar-refractivity contribution in [1.82, 2.24) is 0 Å². The van der Waals surface area contributed by atoms with E-state index in [9.17, 15) is 0 Å². The molecule has 0 bridgehead atoms. The Morgan fingerprint density at radius 3 is 2.40 bits per heavy atom. The lowest BCUT2D eigenvalue weighted by Gasteiger charge is -2.12. The number of benzene rings is 2. The molecular weight excluding hydrogens is 420 g/mol. The minimum Gasteiger partial charge on any atom is -0.131 e. The first kappa shape index (κ1) is 14.6. The Kier molecular flexibility index (Phi) is 4.23. The highest BCUT2D eigenvalue weighted by atomic mass is 79.9. The van der Waals surface area contributed by atoms with Crippen LogP contribution in [0.5, 0.6) is 0 Å². The Morgan fingerprint density at radius 1 is 1.05 bits per heavy atom. The van der Waals surface area contributed by atoms with Gasteiger partial charge in [-0.25, -0.2) is 0 Å². The second-order valence-electron chi connectivity index (χ2n) is 4.65. The van der Waals surface area contributed by atoms with E-state index in [2.05, 4.69) is 75.2 Å². The fraction of sp³-hybridized carbons (Fsp3) is 0.125. The third-order valence-corrected chi connectivity index (χ3v) is 6.80. The molecular formula is C16H11Br2ClS. The molecule has 0 aliphatic rings. The van der Waals surface area contributed by atoms with E-state index < -0.39 is 0 Å². The molecule has 20 heavy (non-hydrogen) atoms. The molecule has 0 radical (unpaired) electrons. The molecule has 4 heteroatoms. The predicted molar refractivity (Wildman–Crippen MR) is 96.1 cm³/mol. The van der Waals surface area contributed by atoms with E-state index >= 15 is 0 Å². The zero-order chi connectivity index (χ0) is 14.3. The van der Waals surface area contributed by atoms with Gasteiger partial charge >= 0.3 is 0 Å². The SMILES string of the molecule is Cc1cc(C(Cl)c2ccc(Br)c3ccccc23)sc1Br. The first-order valence-corrected chi connectivity index (χ1v) is 8.99. The van der Waals surface area contributed by atoms with Crippen molar-refractivity contribution in [2.24, 2.45) is 0 Å². The fourth-order valence-electron chi connectivity index (χ4n) is 2.27. The van der Waals surface area contributed by atoms with Gasteiger partial charge in [0.1, 0.15) is 0 Å². The maximum absolute atomic E-state index is 6.72. The van der Waals surface area contributed by atoms with Gasteiger partial charge in [0.15, 0.2) is 0 Å². The maximum Gasteiger partial charge on any atom is 0.0934 e. The quantitative estimate of drug-likeness (QED) is 0.382. The van der Waals surface area contributed by atoms with Crippen LogP contribution in [0.15, 0.2) is 50.7 Å². The van der Waals surface area contributed by atoms with E-state index in [0.717, 1.165) is 13.8 Å². The molecule has 0 N–H and O–H groups in total. The normalized spacial score (nSPS) is 12.8. The minimum absolute atomic E-state index is 0.122. The van der Waals surface area contributed by atoms with Gasteiger partial charge in [-0.15, -0.1) is 22.9 Å². The summed E-state index contributed by atoms with van der Waals surface area (Å²) in [7, 11) is 0. The summed E-state index contributed by atoms with van der Waals surface area (Å²) >= 11 is 15.6. The molecule has 3 aromatic rings. The van der Waals surface area contributed by atoms with Crippen molar-refractivity contribution in [3.63, 3.8) is 0 Å². The number of thiophene rings is 1. The Labute approximate surface area is 144 Å². The molecule has 0 amide bonds. The summed E-state index contributed by atoms with van der Waals surface area (Å²) in [4.78, 5) is 1.17. The van der Waals surface area contributed by atoms with Gasteiger partial charge in [0, 0.05) is 9.35 Å². The van der Waals surface area contributed by atoms with Crippen LogP contribution in [0.1, 0.15) is 21.4 Å². The average Bonchev–Trinajstić information content (AvgIpc) is 2.79. The summed E-state index contributed by atoms with van der Waals surface area (Å²) in [5.41, 5.74) is 2.39. The molecule has 102 valence electrons. The second kappa shape index (κ2) is 5.80. The highest BCUT2D eigenvalue weighted by Gasteiger charge is 2.17. The van der Waals surface area contributed by atoms with Crippen LogP contribution in [0.2, 0.25) is 0 Å². The van der Waals surface area contributed by atoms with E-state index in [1.165, 1.54) is 21.2 Å². The Hall–Kier alpha value is -0.350. The van der Waals surface area contributed by atoms with Gasteiger partial charge in [0.05, 0.1) is 9.16 Å². The van der Waals surface area contributed by atoms with Gasteiger partial charge in [-0.05, 0) is 56.9 Å². The van der Waals surface area contributed by atoms with Crippen LogP contribution < -0.4 is 0 Å². The molecule has 0 aliphatic heterocycles. The van der Waals surface area contributed by atoms with Crippen molar-refractivity contribution in [2.45, 2.75) is 12.3 Å². The molecule has 0 aliphatic carbocycles. The van der Waals surface area contributed by atoms with E-state index in [0.29, 0.717) is 0 Å². The largest absolute Gasteiger partial charge is 0.131 e. The first-order valence-electron chi connectivity index (χ1n) is 6.15.